The minimum atomic E-state index is 0.275. The fraction of sp³-hybridized carbons (Fsp3) is 0.200. The SMILES string of the molecule is Clc1c(Br)ccc(NC2CCc3c(Br)cccc32)c1Cl. The molecule has 0 amide bonds. The summed E-state index contributed by atoms with van der Waals surface area (Å²) in [5.74, 6) is 0. The minimum Gasteiger partial charge on any atom is -0.377 e. The predicted octanol–water partition coefficient (Wildman–Crippen LogP) is 6.62. The molecule has 0 heterocycles. The zero-order valence-corrected chi connectivity index (χ0v) is 15.1. The van der Waals surface area contributed by atoms with Crippen molar-refractivity contribution < 1.29 is 0 Å². The first-order valence-corrected chi connectivity index (χ1v) is 8.59. The van der Waals surface area contributed by atoms with E-state index < -0.39 is 0 Å². The van der Waals surface area contributed by atoms with Gasteiger partial charge in [-0.3, -0.25) is 0 Å². The number of halogens is 4. The van der Waals surface area contributed by atoms with E-state index in [1.807, 2.05) is 12.1 Å². The van der Waals surface area contributed by atoms with E-state index in [0.717, 1.165) is 23.0 Å². The summed E-state index contributed by atoms with van der Waals surface area (Å²) in [7, 11) is 0. The highest BCUT2D eigenvalue weighted by Crippen LogP contribution is 2.41. The van der Waals surface area contributed by atoms with Gasteiger partial charge < -0.3 is 5.32 Å². The highest BCUT2D eigenvalue weighted by molar-refractivity contribution is 9.10. The molecular weight excluding hydrogens is 425 g/mol. The molecule has 1 aliphatic rings. The minimum absolute atomic E-state index is 0.275. The van der Waals surface area contributed by atoms with Crippen LogP contribution in [0.15, 0.2) is 39.3 Å². The highest BCUT2D eigenvalue weighted by atomic mass is 79.9. The predicted molar refractivity (Wildman–Crippen MR) is 93.0 cm³/mol. The molecule has 1 atom stereocenters. The van der Waals surface area contributed by atoms with E-state index in [9.17, 15) is 0 Å². The van der Waals surface area contributed by atoms with Gasteiger partial charge in [-0.25, -0.2) is 0 Å². The van der Waals surface area contributed by atoms with Crippen molar-refractivity contribution in [3.8, 4) is 0 Å². The maximum atomic E-state index is 6.30. The van der Waals surface area contributed by atoms with Crippen molar-refractivity contribution in [3.05, 3.63) is 60.4 Å². The van der Waals surface area contributed by atoms with Crippen molar-refractivity contribution in [1.29, 1.82) is 0 Å². The van der Waals surface area contributed by atoms with Crippen LogP contribution < -0.4 is 5.32 Å². The fourth-order valence-corrected chi connectivity index (χ4v) is 3.99. The molecule has 0 aliphatic heterocycles. The highest BCUT2D eigenvalue weighted by Gasteiger charge is 2.24. The number of anilines is 1. The lowest BCUT2D eigenvalue weighted by Crippen LogP contribution is -2.07. The summed E-state index contributed by atoms with van der Waals surface area (Å²) in [6.07, 6.45) is 2.12. The summed E-state index contributed by atoms with van der Waals surface area (Å²) in [4.78, 5) is 0. The lowest BCUT2D eigenvalue weighted by atomic mass is 10.1. The molecule has 1 unspecified atom stereocenters. The Morgan fingerprint density at radius 1 is 1.00 bits per heavy atom. The number of fused-ring (bicyclic) bond motifs is 1. The molecule has 0 saturated heterocycles. The molecule has 1 aliphatic carbocycles. The number of rotatable bonds is 2. The Balaban J connectivity index is 1.92. The van der Waals surface area contributed by atoms with Gasteiger partial charge >= 0.3 is 0 Å². The Bertz CT molecular complexity index is 673. The summed E-state index contributed by atoms with van der Waals surface area (Å²) < 4.78 is 1.99. The third-order valence-corrected chi connectivity index (χ3v) is 6.09. The average molecular weight is 436 g/mol. The van der Waals surface area contributed by atoms with Crippen LogP contribution in [-0.2, 0) is 6.42 Å². The van der Waals surface area contributed by atoms with Crippen molar-refractivity contribution in [3.63, 3.8) is 0 Å². The quantitative estimate of drug-likeness (QED) is 0.523. The molecule has 0 bridgehead atoms. The Hall–Kier alpha value is -0.220. The van der Waals surface area contributed by atoms with Gasteiger partial charge in [-0.15, -0.1) is 0 Å². The van der Waals surface area contributed by atoms with E-state index in [1.54, 1.807) is 0 Å². The second-order valence-corrected chi connectivity index (χ2v) is 7.23. The number of benzene rings is 2. The normalized spacial score (nSPS) is 17.1. The zero-order valence-electron chi connectivity index (χ0n) is 10.4. The summed E-state index contributed by atoms with van der Waals surface area (Å²) >= 11 is 19.5. The van der Waals surface area contributed by atoms with Gasteiger partial charge in [-0.1, -0.05) is 51.3 Å². The molecule has 0 saturated carbocycles. The summed E-state index contributed by atoms with van der Waals surface area (Å²) in [5, 5.41) is 4.61. The van der Waals surface area contributed by atoms with Gasteiger partial charge in [-0.05, 0) is 58.1 Å². The molecule has 2 aromatic carbocycles. The van der Waals surface area contributed by atoms with Gasteiger partial charge in [0.1, 0.15) is 0 Å². The van der Waals surface area contributed by atoms with Crippen LogP contribution in [0.4, 0.5) is 5.69 Å². The standard InChI is InChI=1S/C15H11Br2Cl2N/c16-10-3-1-2-9-8(10)4-6-12(9)20-13-7-5-11(17)14(18)15(13)19/h1-3,5,7,12,20H,4,6H2. The van der Waals surface area contributed by atoms with Gasteiger partial charge in [0.2, 0.25) is 0 Å². The van der Waals surface area contributed by atoms with E-state index in [4.69, 9.17) is 23.2 Å². The van der Waals surface area contributed by atoms with E-state index in [-0.39, 0.29) is 6.04 Å². The number of hydrogen-bond donors (Lipinski definition) is 1. The molecule has 5 heteroatoms. The number of nitrogens with one attached hydrogen (secondary N) is 1. The van der Waals surface area contributed by atoms with Crippen molar-refractivity contribution in [1.82, 2.24) is 0 Å². The molecule has 1 nitrogen and oxygen atoms in total. The van der Waals surface area contributed by atoms with Crippen molar-refractivity contribution in [2.75, 3.05) is 5.32 Å². The third-order valence-electron chi connectivity index (χ3n) is 3.58. The zero-order chi connectivity index (χ0) is 14.3. The lowest BCUT2D eigenvalue weighted by molar-refractivity contribution is 0.762. The fourth-order valence-electron chi connectivity index (χ4n) is 2.58. The van der Waals surface area contributed by atoms with Crippen LogP contribution in [-0.4, -0.2) is 0 Å². The van der Waals surface area contributed by atoms with Crippen LogP contribution in [0.2, 0.25) is 10.0 Å². The van der Waals surface area contributed by atoms with E-state index in [2.05, 4.69) is 55.4 Å². The summed E-state index contributed by atoms with van der Waals surface area (Å²) in [6.45, 7) is 0. The maximum Gasteiger partial charge on any atom is 0.0835 e. The Kier molecular flexibility index (Phi) is 4.32. The molecule has 0 spiro atoms. The number of hydrogen-bond acceptors (Lipinski definition) is 1. The molecule has 3 rings (SSSR count). The molecule has 0 radical (unpaired) electrons. The van der Waals surface area contributed by atoms with Crippen molar-refractivity contribution in [2.24, 2.45) is 0 Å². The molecule has 0 fully saturated rings. The monoisotopic (exact) mass is 433 g/mol. The van der Waals surface area contributed by atoms with Crippen LogP contribution in [0.25, 0.3) is 0 Å². The second kappa shape index (κ2) is 5.88. The molecule has 20 heavy (non-hydrogen) atoms. The Labute approximate surface area is 144 Å². The third kappa shape index (κ3) is 2.61. The van der Waals surface area contributed by atoms with Crippen LogP contribution in [0.5, 0.6) is 0 Å². The molecule has 1 N–H and O–H groups in total. The van der Waals surface area contributed by atoms with Gasteiger partial charge in [0.15, 0.2) is 0 Å². The van der Waals surface area contributed by atoms with Gasteiger partial charge in [0.05, 0.1) is 21.8 Å². The summed E-state index contributed by atoms with van der Waals surface area (Å²) in [5.41, 5.74) is 3.58. The second-order valence-electron chi connectivity index (χ2n) is 4.77. The van der Waals surface area contributed by atoms with Crippen molar-refractivity contribution in [2.45, 2.75) is 18.9 Å². The molecule has 2 aromatic rings. The Morgan fingerprint density at radius 2 is 1.80 bits per heavy atom. The van der Waals surface area contributed by atoms with Crippen LogP contribution in [0.3, 0.4) is 0 Å². The van der Waals surface area contributed by atoms with Crippen molar-refractivity contribution >= 4 is 60.7 Å². The van der Waals surface area contributed by atoms with Crippen LogP contribution in [0.1, 0.15) is 23.6 Å². The maximum absolute atomic E-state index is 6.30. The molecular formula is C15H11Br2Cl2N. The molecule has 104 valence electrons. The molecule has 0 aromatic heterocycles. The average Bonchev–Trinajstić information content (AvgIpc) is 2.84. The van der Waals surface area contributed by atoms with Gasteiger partial charge in [0.25, 0.3) is 0 Å². The Morgan fingerprint density at radius 3 is 2.60 bits per heavy atom. The smallest absolute Gasteiger partial charge is 0.0835 e. The lowest BCUT2D eigenvalue weighted by Gasteiger charge is -2.17. The summed E-state index contributed by atoms with van der Waals surface area (Å²) in [6, 6.07) is 10.5. The van der Waals surface area contributed by atoms with Crippen LogP contribution >= 0.6 is 55.1 Å². The van der Waals surface area contributed by atoms with E-state index in [1.165, 1.54) is 15.6 Å². The topological polar surface area (TPSA) is 12.0 Å². The first kappa shape index (κ1) is 14.7. The largest absolute Gasteiger partial charge is 0.377 e. The van der Waals surface area contributed by atoms with E-state index in [0.29, 0.717) is 10.0 Å². The first-order chi connectivity index (χ1) is 9.58. The van der Waals surface area contributed by atoms with Gasteiger partial charge in [-0.2, -0.15) is 0 Å². The van der Waals surface area contributed by atoms with Crippen LogP contribution in [0, 0.1) is 0 Å². The van der Waals surface area contributed by atoms with E-state index >= 15 is 0 Å². The van der Waals surface area contributed by atoms with Gasteiger partial charge in [0, 0.05) is 8.95 Å². The first-order valence-electron chi connectivity index (χ1n) is 6.25.